The standard InChI is InChI=1S/C16H25N3/c17-15-5-3-14(4-6-15)13-19(16-7-8-16)12-11-18-9-1-2-10-18/h3-6,16H,1-2,7-13,17H2. The zero-order valence-electron chi connectivity index (χ0n) is 11.7. The molecule has 2 aliphatic rings. The number of rotatable bonds is 6. The van der Waals surface area contributed by atoms with Crippen molar-refractivity contribution in [3.63, 3.8) is 0 Å². The minimum Gasteiger partial charge on any atom is -0.399 e. The summed E-state index contributed by atoms with van der Waals surface area (Å²) in [5.74, 6) is 0. The van der Waals surface area contributed by atoms with Crippen molar-refractivity contribution in [1.29, 1.82) is 0 Å². The Kier molecular flexibility index (Phi) is 4.04. The minimum absolute atomic E-state index is 0.833. The Morgan fingerprint density at radius 1 is 1.11 bits per heavy atom. The zero-order chi connectivity index (χ0) is 13.1. The Labute approximate surface area is 116 Å². The van der Waals surface area contributed by atoms with E-state index in [1.54, 1.807) is 0 Å². The molecule has 0 unspecified atom stereocenters. The van der Waals surface area contributed by atoms with Crippen molar-refractivity contribution in [3.05, 3.63) is 29.8 Å². The number of likely N-dealkylation sites (tertiary alicyclic amines) is 1. The summed E-state index contributed by atoms with van der Waals surface area (Å²) in [6.07, 6.45) is 5.55. The second-order valence-electron chi connectivity index (χ2n) is 5.99. The quantitative estimate of drug-likeness (QED) is 0.796. The fraction of sp³-hybridized carbons (Fsp3) is 0.625. The topological polar surface area (TPSA) is 32.5 Å². The van der Waals surface area contributed by atoms with Gasteiger partial charge in [0, 0.05) is 31.4 Å². The largest absolute Gasteiger partial charge is 0.399 e. The third-order valence-corrected chi connectivity index (χ3v) is 4.33. The molecule has 1 aliphatic carbocycles. The van der Waals surface area contributed by atoms with Crippen LogP contribution in [0.3, 0.4) is 0 Å². The van der Waals surface area contributed by atoms with Crippen molar-refractivity contribution in [1.82, 2.24) is 9.80 Å². The van der Waals surface area contributed by atoms with Crippen molar-refractivity contribution < 1.29 is 0 Å². The van der Waals surface area contributed by atoms with Crippen LogP contribution in [0.25, 0.3) is 0 Å². The molecule has 3 nitrogen and oxygen atoms in total. The fourth-order valence-electron chi connectivity index (χ4n) is 2.96. The predicted molar refractivity (Wildman–Crippen MR) is 80.0 cm³/mol. The lowest BCUT2D eigenvalue weighted by Gasteiger charge is -2.25. The van der Waals surface area contributed by atoms with Crippen molar-refractivity contribution in [2.45, 2.75) is 38.3 Å². The van der Waals surface area contributed by atoms with Gasteiger partial charge < -0.3 is 10.6 Å². The summed E-state index contributed by atoms with van der Waals surface area (Å²) in [5, 5.41) is 0. The molecule has 2 N–H and O–H groups in total. The van der Waals surface area contributed by atoms with Gasteiger partial charge in [-0.1, -0.05) is 12.1 Å². The molecular formula is C16H25N3. The molecule has 0 aromatic heterocycles. The minimum atomic E-state index is 0.833. The summed E-state index contributed by atoms with van der Waals surface area (Å²) in [5.41, 5.74) is 8.00. The maximum Gasteiger partial charge on any atom is 0.0314 e. The molecule has 0 atom stereocenters. The molecule has 3 rings (SSSR count). The van der Waals surface area contributed by atoms with Gasteiger partial charge in [-0.05, 0) is 56.5 Å². The Hall–Kier alpha value is -1.06. The van der Waals surface area contributed by atoms with Gasteiger partial charge in [0.05, 0.1) is 0 Å². The van der Waals surface area contributed by atoms with E-state index in [0.29, 0.717) is 0 Å². The molecule has 19 heavy (non-hydrogen) atoms. The summed E-state index contributed by atoms with van der Waals surface area (Å²) < 4.78 is 0. The first-order valence-electron chi connectivity index (χ1n) is 7.62. The molecule has 0 radical (unpaired) electrons. The van der Waals surface area contributed by atoms with Gasteiger partial charge in [-0.2, -0.15) is 0 Å². The normalized spacial score (nSPS) is 20.3. The van der Waals surface area contributed by atoms with Gasteiger partial charge >= 0.3 is 0 Å². The van der Waals surface area contributed by atoms with E-state index in [4.69, 9.17) is 5.73 Å². The highest BCUT2D eigenvalue weighted by Gasteiger charge is 2.29. The van der Waals surface area contributed by atoms with Crippen LogP contribution in [0.4, 0.5) is 5.69 Å². The highest BCUT2D eigenvalue weighted by molar-refractivity contribution is 5.39. The second-order valence-corrected chi connectivity index (χ2v) is 5.99. The first-order chi connectivity index (χ1) is 9.31. The molecule has 1 aromatic rings. The van der Waals surface area contributed by atoms with Crippen LogP contribution in [0.5, 0.6) is 0 Å². The number of nitrogens with two attached hydrogens (primary N) is 1. The Morgan fingerprint density at radius 2 is 1.79 bits per heavy atom. The van der Waals surface area contributed by atoms with Crippen molar-refractivity contribution >= 4 is 5.69 Å². The molecule has 0 spiro atoms. The van der Waals surface area contributed by atoms with Gasteiger partial charge in [0.1, 0.15) is 0 Å². The molecule has 1 saturated heterocycles. The van der Waals surface area contributed by atoms with E-state index in [2.05, 4.69) is 21.9 Å². The van der Waals surface area contributed by atoms with Gasteiger partial charge in [0.15, 0.2) is 0 Å². The van der Waals surface area contributed by atoms with Gasteiger partial charge in [0.25, 0.3) is 0 Å². The van der Waals surface area contributed by atoms with Crippen LogP contribution in [0.2, 0.25) is 0 Å². The van der Waals surface area contributed by atoms with E-state index in [0.717, 1.165) is 18.3 Å². The molecule has 1 saturated carbocycles. The molecule has 0 bridgehead atoms. The number of benzene rings is 1. The molecular weight excluding hydrogens is 234 g/mol. The smallest absolute Gasteiger partial charge is 0.0314 e. The van der Waals surface area contributed by atoms with Gasteiger partial charge in [0.2, 0.25) is 0 Å². The number of hydrogen-bond donors (Lipinski definition) is 1. The first-order valence-corrected chi connectivity index (χ1v) is 7.62. The second kappa shape index (κ2) is 5.93. The van der Waals surface area contributed by atoms with Crippen LogP contribution in [0.15, 0.2) is 24.3 Å². The van der Waals surface area contributed by atoms with Crippen LogP contribution in [-0.4, -0.2) is 42.0 Å². The van der Waals surface area contributed by atoms with Gasteiger partial charge in [-0.15, -0.1) is 0 Å². The molecule has 1 heterocycles. The number of nitrogens with zero attached hydrogens (tertiary/aromatic N) is 2. The highest BCUT2D eigenvalue weighted by atomic mass is 15.2. The maximum absolute atomic E-state index is 5.75. The SMILES string of the molecule is Nc1ccc(CN(CCN2CCCC2)C2CC2)cc1. The molecule has 0 amide bonds. The Balaban J connectivity index is 1.53. The van der Waals surface area contributed by atoms with E-state index in [-0.39, 0.29) is 0 Å². The summed E-state index contributed by atoms with van der Waals surface area (Å²) in [6.45, 7) is 6.15. The Morgan fingerprint density at radius 3 is 2.42 bits per heavy atom. The molecule has 1 aromatic carbocycles. The van der Waals surface area contributed by atoms with Gasteiger partial charge in [-0.25, -0.2) is 0 Å². The lowest BCUT2D eigenvalue weighted by Crippen LogP contribution is -2.34. The average Bonchev–Trinajstić information content (AvgIpc) is 3.13. The van der Waals surface area contributed by atoms with E-state index < -0.39 is 0 Å². The summed E-state index contributed by atoms with van der Waals surface area (Å²) in [6, 6.07) is 9.20. The van der Waals surface area contributed by atoms with Crippen molar-refractivity contribution in [2.75, 3.05) is 31.9 Å². The Bertz CT molecular complexity index is 391. The lowest BCUT2D eigenvalue weighted by molar-refractivity contribution is 0.211. The van der Waals surface area contributed by atoms with Crippen LogP contribution in [0, 0.1) is 0 Å². The number of hydrogen-bond acceptors (Lipinski definition) is 3. The van der Waals surface area contributed by atoms with Crippen molar-refractivity contribution in [3.8, 4) is 0 Å². The maximum atomic E-state index is 5.75. The fourth-order valence-corrected chi connectivity index (χ4v) is 2.96. The van der Waals surface area contributed by atoms with Crippen LogP contribution >= 0.6 is 0 Å². The van der Waals surface area contributed by atoms with Crippen molar-refractivity contribution in [2.24, 2.45) is 0 Å². The molecule has 3 heteroatoms. The lowest BCUT2D eigenvalue weighted by atomic mass is 10.2. The van der Waals surface area contributed by atoms with E-state index in [1.807, 2.05) is 12.1 Å². The van der Waals surface area contributed by atoms with Crippen LogP contribution in [0.1, 0.15) is 31.2 Å². The van der Waals surface area contributed by atoms with Crippen LogP contribution < -0.4 is 5.73 Å². The monoisotopic (exact) mass is 259 g/mol. The van der Waals surface area contributed by atoms with Crippen LogP contribution in [-0.2, 0) is 6.54 Å². The first kappa shape index (κ1) is 12.9. The number of anilines is 1. The van der Waals surface area contributed by atoms with E-state index >= 15 is 0 Å². The van der Waals surface area contributed by atoms with E-state index in [9.17, 15) is 0 Å². The number of nitrogen functional groups attached to an aromatic ring is 1. The van der Waals surface area contributed by atoms with Gasteiger partial charge in [-0.3, -0.25) is 4.90 Å². The average molecular weight is 259 g/mol. The van der Waals surface area contributed by atoms with E-state index in [1.165, 1.54) is 57.4 Å². The third-order valence-electron chi connectivity index (χ3n) is 4.33. The zero-order valence-corrected chi connectivity index (χ0v) is 11.7. The molecule has 2 fully saturated rings. The molecule has 1 aliphatic heterocycles. The predicted octanol–water partition coefficient (Wildman–Crippen LogP) is 2.33. The third kappa shape index (κ3) is 3.71. The molecule has 104 valence electrons. The summed E-state index contributed by atoms with van der Waals surface area (Å²) >= 11 is 0. The summed E-state index contributed by atoms with van der Waals surface area (Å²) in [4.78, 5) is 5.27. The summed E-state index contributed by atoms with van der Waals surface area (Å²) in [7, 11) is 0. The highest BCUT2D eigenvalue weighted by Crippen LogP contribution is 2.28.